The molecule has 0 radical (unpaired) electrons. The summed E-state index contributed by atoms with van der Waals surface area (Å²) in [6.45, 7) is 8.12. The minimum absolute atomic E-state index is 0.563. The fourth-order valence-electron chi connectivity index (χ4n) is 4.72. The second-order valence-electron chi connectivity index (χ2n) is 9.98. The Morgan fingerprint density at radius 3 is 2.13 bits per heavy atom. The Hall–Kier alpha value is -3.53. The number of hydrogen-bond donors (Lipinski definition) is 0. The number of imidazole rings is 1. The summed E-state index contributed by atoms with van der Waals surface area (Å²) in [5.74, 6) is 3.69. The molecule has 0 saturated heterocycles. The van der Waals surface area contributed by atoms with Gasteiger partial charge in [0.2, 0.25) is 0 Å². The second kappa shape index (κ2) is 14.4. The molecule has 0 atom stereocenters. The number of unbranched alkanes of at least 4 members (excludes halogenated alkanes) is 1. The zero-order chi connectivity index (χ0) is 26.6. The lowest BCUT2D eigenvalue weighted by Gasteiger charge is -2.13. The summed E-state index contributed by atoms with van der Waals surface area (Å²) < 4.78 is 14.2. The first-order chi connectivity index (χ1) is 18.7. The molecule has 1 heterocycles. The fraction of sp³-hybridized carbons (Fsp3) is 0.382. The van der Waals surface area contributed by atoms with Crippen LogP contribution in [-0.4, -0.2) is 16.2 Å². The standard InChI is InChI=1S/C34H42N2O2/c1-4-7-15-34-35-33(29-16-20-32(21-17-29)38-26-28-12-9-8-10-13-28)25-36(34)30-18-22-31(23-19-30)37-24-11-14-27(5-2)6-3/h8-10,12-13,16-23,25,27H,4-7,11,14-15,24,26H2,1-3H3. The summed E-state index contributed by atoms with van der Waals surface area (Å²) in [7, 11) is 0. The number of ether oxygens (including phenoxy) is 2. The van der Waals surface area contributed by atoms with Crippen LogP contribution in [-0.2, 0) is 13.0 Å². The van der Waals surface area contributed by atoms with E-state index in [1.165, 1.54) is 19.3 Å². The molecule has 0 saturated carbocycles. The van der Waals surface area contributed by atoms with Crippen LogP contribution in [0.25, 0.3) is 16.9 Å². The molecule has 1 aromatic heterocycles. The Bertz CT molecular complexity index is 1210. The monoisotopic (exact) mass is 510 g/mol. The second-order valence-corrected chi connectivity index (χ2v) is 9.98. The summed E-state index contributed by atoms with van der Waals surface area (Å²) in [6, 6.07) is 26.9. The van der Waals surface area contributed by atoms with E-state index in [2.05, 4.69) is 80.1 Å². The van der Waals surface area contributed by atoms with Crippen LogP contribution in [0.15, 0.2) is 85.1 Å². The minimum atomic E-state index is 0.563. The van der Waals surface area contributed by atoms with Crippen molar-refractivity contribution in [1.29, 1.82) is 0 Å². The first kappa shape index (κ1) is 27.5. The van der Waals surface area contributed by atoms with Crippen LogP contribution in [0.3, 0.4) is 0 Å². The molecule has 4 aromatic rings. The predicted molar refractivity (Wildman–Crippen MR) is 157 cm³/mol. The van der Waals surface area contributed by atoms with Crippen molar-refractivity contribution in [1.82, 2.24) is 9.55 Å². The highest BCUT2D eigenvalue weighted by molar-refractivity contribution is 5.61. The van der Waals surface area contributed by atoms with Gasteiger partial charge in [-0.25, -0.2) is 4.98 Å². The lowest BCUT2D eigenvalue weighted by atomic mass is 9.98. The van der Waals surface area contributed by atoms with E-state index in [1.807, 2.05) is 30.3 Å². The van der Waals surface area contributed by atoms with Gasteiger partial charge in [-0.05, 0) is 79.3 Å². The maximum atomic E-state index is 6.03. The smallest absolute Gasteiger partial charge is 0.119 e. The van der Waals surface area contributed by atoms with Crippen LogP contribution < -0.4 is 9.47 Å². The van der Waals surface area contributed by atoms with Gasteiger partial charge < -0.3 is 14.0 Å². The Labute approximate surface area is 228 Å². The Morgan fingerprint density at radius 1 is 0.763 bits per heavy atom. The van der Waals surface area contributed by atoms with Crippen LogP contribution in [0.1, 0.15) is 70.7 Å². The molecule has 4 heteroatoms. The van der Waals surface area contributed by atoms with Crippen molar-refractivity contribution >= 4 is 0 Å². The SMILES string of the molecule is CCCCc1nc(-c2ccc(OCc3ccccc3)cc2)cn1-c1ccc(OCCCC(CC)CC)cc1. The molecule has 200 valence electrons. The summed E-state index contributed by atoms with van der Waals surface area (Å²) in [6.07, 6.45) is 10.2. The van der Waals surface area contributed by atoms with E-state index >= 15 is 0 Å². The van der Waals surface area contributed by atoms with Crippen molar-refractivity contribution in [2.45, 2.75) is 72.3 Å². The van der Waals surface area contributed by atoms with Crippen molar-refractivity contribution in [3.05, 3.63) is 96.4 Å². The lowest BCUT2D eigenvalue weighted by Crippen LogP contribution is -2.03. The number of aryl methyl sites for hydroxylation is 1. The maximum absolute atomic E-state index is 6.03. The average Bonchev–Trinajstić information content (AvgIpc) is 3.40. The van der Waals surface area contributed by atoms with Gasteiger partial charge in [0.25, 0.3) is 0 Å². The van der Waals surface area contributed by atoms with E-state index in [0.717, 1.165) is 78.0 Å². The molecule has 0 amide bonds. The summed E-state index contributed by atoms with van der Waals surface area (Å²) in [4.78, 5) is 5.02. The molecular formula is C34H42N2O2. The molecular weight excluding hydrogens is 468 g/mol. The van der Waals surface area contributed by atoms with Crippen LogP contribution in [0.5, 0.6) is 11.5 Å². The summed E-state index contributed by atoms with van der Waals surface area (Å²) in [5, 5.41) is 0. The van der Waals surface area contributed by atoms with Crippen molar-refractivity contribution in [2.24, 2.45) is 5.92 Å². The molecule has 0 fully saturated rings. The van der Waals surface area contributed by atoms with Gasteiger partial charge in [0, 0.05) is 23.9 Å². The third-order valence-electron chi connectivity index (χ3n) is 7.23. The highest BCUT2D eigenvalue weighted by Crippen LogP contribution is 2.26. The van der Waals surface area contributed by atoms with E-state index in [-0.39, 0.29) is 0 Å². The summed E-state index contributed by atoms with van der Waals surface area (Å²) >= 11 is 0. The largest absolute Gasteiger partial charge is 0.494 e. The predicted octanol–water partition coefficient (Wildman–Crippen LogP) is 9.06. The lowest BCUT2D eigenvalue weighted by molar-refractivity contribution is 0.288. The van der Waals surface area contributed by atoms with Crippen molar-refractivity contribution in [2.75, 3.05) is 6.61 Å². The highest BCUT2D eigenvalue weighted by atomic mass is 16.5. The zero-order valence-electron chi connectivity index (χ0n) is 23.2. The molecule has 4 rings (SSSR count). The van der Waals surface area contributed by atoms with Gasteiger partial charge in [-0.2, -0.15) is 0 Å². The highest BCUT2D eigenvalue weighted by Gasteiger charge is 2.12. The molecule has 3 aromatic carbocycles. The Balaban J connectivity index is 1.42. The van der Waals surface area contributed by atoms with Gasteiger partial charge >= 0.3 is 0 Å². The van der Waals surface area contributed by atoms with E-state index in [0.29, 0.717) is 6.61 Å². The first-order valence-electron chi connectivity index (χ1n) is 14.3. The third-order valence-corrected chi connectivity index (χ3v) is 7.23. The maximum Gasteiger partial charge on any atom is 0.119 e. The van der Waals surface area contributed by atoms with Crippen LogP contribution in [0.4, 0.5) is 0 Å². The molecule has 0 spiro atoms. The number of aromatic nitrogens is 2. The van der Waals surface area contributed by atoms with Gasteiger partial charge in [0.05, 0.1) is 12.3 Å². The van der Waals surface area contributed by atoms with Gasteiger partial charge in [-0.3, -0.25) is 0 Å². The topological polar surface area (TPSA) is 36.3 Å². The number of hydrogen-bond acceptors (Lipinski definition) is 3. The van der Waals surface area contributed by atoms with Crippen molar-refractivity contribution < 1.29 is 9.47 Å². The van der Waals surface area contributed by atoms with Crippen molar-refractivity contribution in [3.8, 4) is 28.4 Å². The molecule has 0 N–H and O–H groups in total. The third kappa shape index (κ3) is 7.74. The number of benzene rings is 3. The van der Waals surface area contributed by atoms with Gasteiger partial charge in [-0.1, -0.05) is 70.4 Å². The van der Waals surface area contributed by atoms with Gasteiger partial charge in [-0.15, -0.1) is 0 Å². The number of rotatable bonds is 15. The zero-order valence-corrected chi connectivity index (χ0v) is 23.2. The van der Waals surface area contributed by atoms with E-state index in [9.17, 15) is 0 Å². The van der Waals surface area contributed by atoms with Crippen LogP contribution in [0.2, 0.25) is 0 Å². The van der Waals surface area contributed by atoms with Crippen LogP contribution in [0, 0.1) is 5.92 Å². The molecule has 0 aliphatic carbocycles. The Morgan fingerprint density at radius 2 is 1.45 bits per heavy atom. The molecule has 0 unspecified atom stereocenters. The number of nitrogens with zero attached hydrogens (tertiary/aromatic N) is 2. The molecule has 0 bridgehead atoms. The van der Waals surface area contributed by atoms with E-state index in [1.54, 1.807) is 0 Å². The average molecular weight is 511 g/mol. The Kier molecular flexibility index (Phi) is 10.4. The molecule has 0 aliphatic heterocycles. The molecule has 4 nitrogen and oxygen atoms in total. The first-order valence-corrected chi connectivity index (χ1v) is 14.3. The summed E-state index contributed by atoms with van der Waals surface area (Å²) in [5.41, 5.74) is 4.34. The molecule has 0 aliphatic rings. The normalized spacial score (nSPS) is 11.2. The quantitative estimate of drug-likeness (QED) is 0.150. The van der Waals surface area contributed by atoms with E-state index < -0.39 is 0 Å². The van der Waals surface area contributed by atoms with E-state index in [4.69, 9.17) is 14.5 Å². The van der Waals surface area contributed by atoms with Crippen molar-refractivity contribution in [3.63, 3.8) is 0 Å². The molecule has 38 heavy (non-hydrogen) atoms. The van der Waals surface area contributed by atoms with Gasteiger partial charge in [0.1, 0.15) is 23.9 Å². The van der Waals surface area contributed by atoms with Crippen LogP contribution >= 0.6 is 0 Å². The minimum Gasteiger partial charge on any atom is -0.494 e. The van der Waals surface area contributed by atoms with Gasteiger partial charge in [0.15, 0.2) is 0 Å². The fourth-order valence-corrected chi connectivity index (χ4v) is 4.72.